The van der Waals surface area contributed by atoms with Gasteiger partial charge in [-0.15, -0.1) is 0 Å². The molecule has 174 valence electrons. The van der Waals surface area contributed by atoms with Crippen molar-refractivity contribution in [3.8, 4) is 11.5 Å². The lowest BCUT2D eigenvalue weighted by atomic mass is 10.1. The fourth-order valence-corrected chi connectivity index (χ4v) is 4.60. The first kappa shape index (κ1) is 23.1. The molecule has 35 heavy (non-hydrogen) atoms. The van der Waals surface area contributed by atoms with Crippen LogP contribution in [0.15, 0.2) is 95.6 Å². The Hall–Kier alpha value is -3.65. The van der Waals surface area contributed by atoms with Gasteiger partial charge in [0.15, 0.2) is 17.2 Å². The number of halogens is 1. The number of benzene rings is 4. The average Bonchev–Trinajstić information content (AvgIpc) is 3.24. The number of ether oxygens (including phenoxy) is 3. The first-order valence-electron chi connectivity index (χ1n) is 11.3. The Kier molecular flexibility index (Phi) is 6.81. The summed E-state index contributed by atoms with van der Waals surface area (Å²) in [5, 5.41) is 2.17. The molecule has 0 fully saturated rings. The first-order valence-corrected chi connectivity index (χ1v) is 12.3. The summed E-state index contributed by atoms with van der Waals surface area (Å²) >= 11 is 2.22. The predicted molar refractivity (Wildman–Crippen MR) is 146 cm³/mol. The molecule has 5 rings (SSSR count). The van der Waals surface area contributed by atoms with Crippen LogP contribution in [0.3, 0.4) is 0 Å². The largest absolute Gasteiger partial charge is 0.490 e. The topological polar surface area (TPSA) is 57.1 Å². The third-order valence-corrected chi connectivity index (χ3v) is 6.28. The van der Waals surface area contributed by atoms with E-state index in [1.807, 2.05) is 91.9 Å². The molecular formula is C29H22INO4. The van der Waals surface area contributed by atoms with E-state index in [0.29, 0.717) is 30.6 Å². The second kappa shape index (κ2) is 10.3. The molecule has 1 aliphatic rings. The second-order valence-corrected chi connectivity index (χ2v) is 9.10. The fourth-order valence-electron chi connectivity index (χ4n) is 3.82. The van der Waals surface area contributed by atoms with Gasteiger partial charge in [-0.2, -0.15) is 0 Å². The smallest absolute Gasteiger partial charge is 0.363 e. The standard InChI is InChI=1S/C29H22INO4/c1-2-33-26-16-20(14-24(30)27(26)34-18-19-8-4-3-5-9-19)15-25-29(32)35-28(31-25)23-13-12-21-10-6-7-11-22(21)17-23/h3-17H,2,18H2,1H3/b25-15-. The van der Waals surface area contributed by atoms with Crippen LogP contribution in [0.25, 0.3) is 16.8 Å². The number of hydrogen-bond donors (Lipinski definition) is 0. The number of rotatable bonds is 7. The number of esters is 1. The fraction of sp³-hybridized carbons (Fsp3) is 0.103. The van der Waals surface area contributed by atoms with Gasteiger partial charge in [0.2, 0.25) is 5.90 Å². The maximum Gasteiger partial charge on any atom is 0.363 e. The number of cyclic esters (lactones) is 1. The third kappa shape index (κ3) is 5.22. The second-order valence-electron chi connectivity index (χ2n) is 7.94. The van der Waals surface area contributed by atoms with E-state index >= 15 is 0 Å². The predicted octanol–water partition coefficient (Wildman–Crippen LogP) is 6.77. The quantitative estimate of drug-likeness (QED) is 0.139. The van der Waals surface area contributed by atoms with Crippen molar-refractivity contribution in [3.05, 3.63) is 111 Å². The molecule has 1 aliphatic heterocycles. The Bertz CT molecular complexity index is 1460. The van der Waals surface area contributed by atoms with Gasteiger partial charge in [0.1, 0.15) is 6.61 Å². The van der Waals surface area contributed by atoms with Gasteiger partial charge in [-0.25, -0.2) is 9.79 Å². The number of carbonyl (C=O) groups excluding carboxylic acids is 1. The Morgan fingerprint density at radius 3 is 2.49 bits per heavy atom. The van der Waals surface area contributed by atoms with Crippen LogP contribution in [0, 0.1) is 3.57 Å². The van der Waals surface area contributed by atoms with E-state index in [2.05, 4.69) is 27.6 Å². The monoisotopic (exact) mass is 575 g/mol. The van der Waals surface area contributed by atoms with Crippen molar-refractivity contribution in [1.82, 2.24) is 0 Å². The SMILES string of the molecule is CCOc1cc(/C=C2\N=C(c3ccc4ccccc4c3)OC2=O)cc(I)c1OCc1ccccc1. The minimum atomic E-state index is -0.481. The van der Waals surface area contributed by atoms with Crippen molar-refractivity contribution in [2.75, 3.05) is 6.61 Å². The van der Waals surface area contributed by atoms with E-state index in [9.17, 15) is 4.79 Å². The third-order valence-electron chi connectivity index (χ3n) is 5.48. The molecule has 0 N–H and O–H groups in total. The summed E-state index contributed by atoms with van der Waals surface area (Å²) in [6.07, 6.45) is 1.71. The molecule has 0 atom stereocenters. The number of aliphatic imine (C=N–C) groups is 1. The molecule has 0 saturated heterocycles. The molecule has 5 nitrogen and oxygen atoms in total. The van der Waals surface area contributed by atoms with Crippen LogP contribution in [0.1, 0.15) is 23.6 Å². The summed E-state index contributed by atoms with van der Waals surface area (Å²) < 4.78 is 18.3. The zero-order valence-electron chi connectivity index (χ0n) is 19.0. The van der Waals surface area contributed by atoms with Gasteiger partial charge >= 0.3 is 5.97 Å². The summed E-state index contributed by atoms with van der Waals surface area (Å²) in [6, 6.07) is 27.7. The molecule has 1 heterocycles. The molecule has 0 amide bonds. The van der Waals surface area contributed by atoms with E-state index in [0.717, 1.165) is 31.0 Å². The summed E-state index contributed by atoms with van der Waals surface area (Å²) in [6.45, 7) is 2.85. The highest BCUT2D eigenvalue weighted by molar-refractivity contribution is 14.1. The highest BCUT2D eigenvalue weighted by Gasteiger charge is 2.25. The molecule has 0 bridgehead atoms. The maximum absolute atomic E-state index is 12.6. The Morgan fingerprint density at radius 2 is 1.69 bits per heavy atom. The molecular weight excluding hydrogens is 553 g/mol. The average molecular weight is 575 g/mol. The van der Waals surface area contributed by atoms with Gasteiger partial charge in [-0.3, -0.25) is 0 Å². The van der Waals surface area contributed by atoms with Crippen molar-refractivity contribution in [1.29, 1.82) is 0 Å². The van der Waals surface area contributed by atoms with Crippen molar-refractivity contribution in [2.24, 2.45) is 4.99 Å². The highest BCUT2D eigenvalue weighted by atomic mass is 127. The molecule has 4 aromatic carbocycles. The van der Waals surface area contributed by atoms with Crippen molar-refractivity contribution in [2.45, 2.75) is 13.5 Å². The normalized spacial score (nSPS) is 14.2. The molecule has 0 unspecified atom stereocenters. The molecule has 6 heteroatoms. The van der Waals surface area contributed by atoms with Crippen molar-refractivity contribution >= 4 is 51.3 Å². The van der Waals surface area contributed by atoms with E-state index in [-0.39, 0.29) is 5.70 Å². The van der Waals surface area contributed by atoms with Crippen LogP contribution in [0.5, 0.6) is 11.5 Å². The van der Waals surface area contributed by atoms with Crippen LogP contribution < -0.4 is 9.47 Å². The summed E-state index contributed by atoms with van der Waals surface area (Å²) in [4.78, 5) is 17.1. The van der Waals surface area contributed by atoms with E-state index in [1.165, 1.54) is 0 Å². The van der Waals surface area contributed by atoms with Gasteiger partial charge in [-0.05, 0) is 81.8 Å². The van der Waals surface area contributed by atoms with E-state index in [1.54, 1.807) is 6.08 Å². The number of carbonyl (C=O) groups is 1. The first-order chi connectivity index (χ1) is 17.1. The molecule has 0 radical (unpaired) electrons. The number of nitrogens with zero attached hydrogens (tertiary/aromatic N) is 1. The molecule has 0 aliphatic carbocycles. The van der Waals surface area contributed by atoms with E-state index in [4.69, 9.17) is 14.2 Å². The van der Waals surface area contributed by atoms with Crippen molar-refractivity contribution < 1.29 is 19.0 Å². The molecule has 0 saturated carbocycles. The van der Waals surface area contributed by atoms with Crippen LogP contribution >= 0.6 is 22.6 Å². The van der Waals surface area contributed by atoms with E-state index < -0.39 is 5.97 Å². The van der Waals surface area contributed by atoms with Crippen LogP contribution in [-0.2, 0) is 16.1 Å². The van der Waals surface area contributed by atoms with Crippen LogP contribution in [0.2, 0.25) is 0 Å². The number of hydrogen-bond acceptors (Lipinski definition) is 5. The summed E-state index contributed by atoms with van der Waals surface area (Å²) in [7, 11) is 0. The maximum atomic E-state index is 12.6. The molecule has 4 aromatic rings. The summed E-state index contributed by atoms with van der Waals surface area (Å²) in [5.41, 5.74) is 2.85. The Morgan fingerprint density at radius 1 is 0.914 bits per heavy atom. The summed E-state index contributed by atoms with van der Waals surface area (Å²) in [5.74, 6) is 1.11. The zero-order valence-corrected chi connectivity index (χ0v) is 21.2. The minimum Gasteiger partial charge on any atom is -0.490 e. The lowest BCUT2D eigenvalue weighted by Gasteiger charge is -2.15. The Balaban J connectivity index is 1.43. The van der Waals surface area contributed by atoms with Crippen LogP contribution in [0.4, 0.5) is 0 Å². The highest BCUT2D eigenvalue weighted by Crippen LogP contribution is 2.36. The van der Waals surface area contributed by atoms with Gasteiger partial charge in [0.25, 0.3) is 0 Å². The number of fused-ring (bicyclic) bond motifs is 1. The van der Waals surface area contributed by atoms with Gasteiger partial charge in [0.05, 0.1) is 10.2 Å². The van der Waals surface area contributed by atoms with Gasteiger partial charge in [-0.1, -0.05) is 60.7 Å². The Labute approximate surface area is 217 Å². The zero-order chi connectivity index (χ0) is 24.2. The van der Waals surface area contributed by atoms with Crippen LogP contribution in [-0.4, -0.2) is 18.5 Å². The van der Waals surface area contributed by atoms with Gasteiger partial charge < -0.3 is 14.2 Å². The molecule has 0 spiro atoms. The van der Waals surface area contributed by atoms with Gasteiger partial charge in [0, 0.05) is 5.56 Å². The lowest BCUT2D eigenvalue weighted by Crippen LogP contribution is -2.05. The van der Waals surface area contributed by atoms with Crippen molar-refractivity contribution in [3.63, 3.8) is 0 Å². The molecule has 0 aromatic heterocycles. The lowest BCUT2D eigenvalue weighted by molar-refractivity contribution is -0.129. The minimum absolute atomic E-state index is 0.240.